The molecule has 4 rings (SSSR count). The molecule has 0 radical (unpaired) electrons. The fourth-order valence-corrected chi connectivity index (χ4v) is 5.64. The van der Waals surface area contributed by atoms with E-state index in [1.165, 1.54) is 24.3 Å². The number of anilines is 1. The van der Waals surface area contributed by atoms with Crippen LogP contribution in [0.4, 0.5) is 14.5 Å². The Labute approximate surface area is 238 Å². The van der Waals surface area contributed by atoms with E-state index in [4.69, 9.17) is 28.9 Å². The van der Waals surface area contributed by atoms with Gasteiger partial charge in [0.1, 0.15) is 11.6 Å². The average molecular weight is 576 g/mol. The van der Waals surface area contributed by atoms with Gasteiger partial charge < -0.3 is 16.0 Å². The van der Waals surface area contributed by atoms with Gasteiger partial charge >= 0.3 is 0 Å². The first-order valence-corrected chi connectivity index (χ1v) is 14.0. The van der Waals surface area contributed by atoms with Crippen LogP contribution in [0, 0.1) is 11.6 Å². The maximum Gasteiger partial charge on any atom is 0.238 e. The van der Waals surface area contributed by atoms with Gasteiger partial charge in [-0.05, 0) is 72.5 Å². The molecule has 0 aromatic heterocycles. The number of amides is 1. The fourth-order valence-electron chi connectivity index (χ4n) is 5.02. The molecule has 1 heterocycles. The summed E-state index contributed by atoms with van der Waals surface area (Å²) in [6.07, 6.45) is 2.91. The van der Waals surface area contributed by atoms with E-state index in [0.29, 0.717) is 22.3 Å². The smallest absolute Gasteiger partial charge is 0.238 e. The van der Waals surface area contributed by atoms with Crippen molar-refractivity contribution in [3.05, 3.63) is 99.0 Å². The molecule has 3 N–H and O–H groups in total. The number of benzene rings is 3. The Balaban J connectivity index is 1.21. The molecule has 208 valence electrons. The van der Waals surface area contributed by atoms with Crippen molar-refractivity contribution in [2.24, 2.45) is 5.73 Å². The van der Waals surface area contributed by atoms with Crippen molar-refractivity contribution in [3.8, 4) is 0 Å². The monoisotopic (exact) mass is 574 g/mol. The normalized spacial score (nSPS) is 14.6. The molecule has 0 atom stereocenters. The molecule has 1 fully saturated rings. The van der Waals surface area contributed by atoms with Gasteiger partial charge in [-0.1, -0.05) is 53.9 Å². The number of hydrogen-bond acceptors (Lipinski definition) is 4. The first-order valence-electron chi connectivity index (χ1n) is 13.3. The Kier molecular flexibility index (Phi) is 10.7. The molecule has 0 saturated carbocycles. The first-order chi connectivity index (χ1) is 18.8. The second kappa shape index (κ2) is 14.2. The van der Waals surface area contributed by atoms with Crippen LogP contribution in [0.15, 0.2) is 60.7 Å². The van der Waals surface area contributed by atoms with Crippen LogP contribution in [0.2, 0.25) is 10.0 Å². The lowest BCUT2D eigenvalue weighted by Gasteiger charge is -2.34. The van der Waals surface area contributed by atoms with Crippen molar-refractivity contribution in [3.63, 3.8) is 0 Å². The summed E-state index contributed by atoms with van der Waals surface area (Å²) in [7, 11) is 0. The summed E-state index contributed by atoms with van der Waals surface area (Å²) < 4.78 is 27.0. The summed E-state index contributed by atoms with van der Waals surface area (Å²) >= 11 is 12.6. The van der Waals surface area contributed by atoms with Gasteiger partial charge in [-0.25, -0.2) is 8.78 Å². The Hall–Kier alpha value is -2.55. The number of carbonyl (C=O) groups excluding carboxylic acids is 1. The van der Waals surface area contributed by atoms with Crippen LogP contribution in [0.25, 0.3) is 0 Å². The van der Waals surface area contributed by atoms with E-state index >= 15 is 0 Å². The number of unbranched alkanes of at least 4 members (excludes halogenated alkanes) is 1. The predicted octanol–water partition coefficient (Wildman–Crippen LogP) is 6.29. The SMILES string of the molecule is NCc1cc(Cl)c(NC(=O)CN2CCN(CCCCC(c3ccc(F)cc3)c3ccc(F)cc3)CC2)c(Cl)c1. The summed E-state index contributed by atoms with van der Waals surface area (Å²) in [4.78, 5) is 17.2. The van der Waals surface area contributed by atoms with Crippen molar-refractivity contribution in [1.82, 2.24) is 9.80 Å². The zero-order valence-electron chi connectivity index (χ0n) is 21.8. The second-order valence-electron chi connectivity index (χ2n) is 9.96. The molecule has 3 aromatic carbocycles. The number of hydrogen-bond donors (Lipinski definition) is 2. The van der Waals surface area contributed by atoms with Crippen molar-refractivity contribution < 1.29 is 13.6 Å². The van der Waals surface area contributed by atoms with E-state index in [1.807, 2.05) is 24.3 Å². The first kappa shape index (κ1) is 29.4. The molecule has 5 nitrogen and oxygen atoms in total. The third-order valence-corrected chi connectivity index (χ3v) is 7.79. The minimum absolute atomic E-state index is 0.0927. The van der Waals surface area contributed by atoms with E-state index in [0.717, 1.165) is 68.7 Å². The largest absolute Gasteiger partial charge is 0.326 e. The standard InChI is InChI=1S/C30H34Cl2F2N4O/c31-27-17-21(19-35)18-28(32)30(27)36-29(39)20-38-15-13-37(14-16-38)12-2-1-3-26(22-4-8-24(33)9-5-22)23-6-10-25(34)11-7-23/h4-11,17-18,26H,1-3,12-16,19-20,35H2,(H,36,39). The van der Waals surface area contributed by atoms with Crippen LogP contribution in [0.1, 0.15) is 41.9 Å². The van der Waals surface area contributed by atoms with Gasteiger partial charge in [0.25, 0.3) is 0 Å². The van der Waals surface area contributed by atoms with E-state index in [-0.39, 0.29) is 30.0 Å². The summed E-state index contributed by atoms with van der Waals surface area (Å²) in [6, 6.07) is 16.6. The Bertz CT molecular complexity index is 1160. The van der Waals surface area contributed by atoms with Crippen molar-refractivity contribution >= 4 is 34.8 Å². The topological polar surface area (TPSA) is 61.6 Å². The highest BCUT2D eigenvalue weighted by Crippen LogP contribution is 2.32. The highest BCUT2D eigenvalue weighted by atomic mass is 35.5. The highest BCUT2D eigenvalue weighted by Gasteiger charge is 2.20. The zero-order chi connectivity index (χ0) is 27.8. The van der Waals surface area contributed by atoms with E-state index in [9.17, 15) is 13.6 Å². The second-order valence-corrected chi connectivity index (χ2v) is 10.8. The Morgan fingerprint density at radius 1 is 0.846 bits per heavy atom. The highest BCUT2D eigenvalue weighted by molar-refractivity contribution is 6.39. The lowest BCUT2D eigenvalue weighted by molar-refractivity contribution is -0.117. The Morgan fingerprint density at radius 3 is 1.87 bits per heavy atom. The van der Waals surface area contributed by atoms with Crippen LogP contribution in [0.3, 0.4) is 0 Å². The molecule has 1 aliphatic heterocycles. The van der Waals surface area contributed by atoms with E-state index in [2.05, 4.69) is 15.1 Å². The predicted molar refractivity (Wildman–Crippen MR) is 154 cm³/mol. The van der Waals surface area contributed by atoms with Gasteiger partial charge in [0.05, 0.1) is 22.3 Å². The van der Waals surface area contributed by atoms with Gasteiger partial charge in [0.2, 0.25) is 5.91 Å². The van der Waals surface area contributed by atoms with Gasteiger partial charge in [-0.3, -0.25) is 9.69 Å². The number of nitrogens with two attached hydrogens (primary N) is 1. The van der Waals surface area contributed by atoms with Crippen LogP contribution >= 0.6 is 23.2 Å². The Morgan fingerprint density at radius 2 is 1.36 bits per heavy atom. The zero-order valence-corrected chi connectivity index (χ0v) is 23.3. The van der Waals surface area contributed by atoms with Gasteiger partial charge in [0, 0.05) is 38.6 Å². The van der Waals surface area contributed by atoms with Crippen LogP contribution < -0.4 is 11.1 Å². The molecule has 0 unspecified atom stereocenters. The lowest BCUT2D eigenvalue weighted by Crippen LogP contribution is -2.48. The molecule has 1 aliphatic rings. The third-order valence-electron chi connectivity index (χ3n) is 7.20. The van der Waals surface area contributed by atoms with Crippen molar-refractivity contribution in [2.45, 2.75) is 31.7 Å². The molecular weight excluding hydrogens is 541 g/mol. The average Bonchev–Trinajstić information content (AvgIpc) is 2.93. The van der Waals surface area contributed by atoms with Crippen LogP contribution in [0.5, 0.6) is 0 Å². The molecule has 39 heavy (non-hydrogen) atoms. The number of halogens is 4. The molecule has 0 bridgehead atoms. The quantitative estimate of drug-likeness (QED) is 0.264. The number of piperazine rings is 1. The van der Waals surface area contributed by atoms with E-state index < -0.39 is 0 Å². The minimum atomic E-state index is -0.262. The fraction of sp³-hybridized carbons (Fsp3) is 0.367. The van der Waals surface area contributed by atoms with E-state index in [1.54, 1.807) is 12.1 Å². The van der Waals surface area contributed by atoms with Crippen LogP contribution in [-0.2, 0) is 11.3 Å². The van der Waals surface area contributed by atoms with Crippen LogP contribution in [-0.4, -0.2) is 55.0 Å². The van der Waals surface area contributed by atoms with Crippen molar-refractivity contribution in [2.75, 3.05) is 44.6 Å². The molecular formula is C30H34Cl2F2N4O. The number of nitrogens with one attached hydrogen (secondary N) is 1. The molecule has 0 aliphatic carbocycles. The molecule has 0 spiro atoms. The van der Waals surface area contributed by atoms with Crippen molar-refractivity contribution in [1.29, 1.82) is 0 Å². The maximum absolute atomic E-state index is 13.5. The number of nitrogens with zero attached hydrogens (tertiary/aromatic N) is 2. The summed E-state index contributed by atoms with van der Waals surface area (Å²) in [5.41, 5.74) is 8.94. The minimum Gasteiger partial charge on any atom is -0.326 e. The number of carbonyl (C=O) groups is 1. The molecule has 1 saturated heterocycles. The lowest BCUT2D eigenvalue weighted by atomic mass is 9.87. The summed E-state index contributed by atoms with van der Waals surface area (Å²) in [5.74, 6) is -0.584. The number of rotatable bonds is 11. The third kappa shape index (κ3) is 8.47. The van der Waals surface area contributed by atoms with Gasteiger partial charge in [-0.2, -0.15) is 0 Å². The summed E-state index contributed by atoms with van der Waals surface area (Å²) in [5, 5.41) is 3.59. The van der Waals surface area contributed by atoms with Gasteiger partial charge in [0.15, 0.2) is 0 Å². The molecule has 9 heteroatoms. The van der Waals surface area contributed by atoms with Gasteiger partial charge in [-0.15, -0.1) is 0 Å². The molecule has 1 amide bonds. The molecule has 3 aromatic rings. The maximum atomic E-state index is 13.5. The summed E-state index contributed by atoms with van der Waals surface area (Å²) in [6.45, 7) is 4.94.